The van der Waals surface area contributed by atoms with Crippen LogP contribution in [-0.4, -0.2) is 36.6 Å². The Kier molecular flexibility index (Phi) is 18.7. The Morgan fingerprint density at radius 1 is 0.287 bits per heavy atom. The van der Waals surface area contributed by atoms with Crippen LogP contribution in [0, 0.1) is 92.9 Å². The van der Waals surface area contributed by atoms with E-state index in [0.29, 0.717) is 33.2 Å². The lowest BCUT2D eigenvalue weighted by atomic mass is 9.94. The lowest BCUT2D eigenvalue weighted by molar-refractivity contribution is 0.479. The van der Waals surface area contributed by atoms with Gasteiger partial charge in [0, 0.05) is 54.9 Å². The third-order valence-electron chi connectivity index (χ3n) is 20.2. The molecule has 11 rings (SSSR count). The zero-order valence-electron chi connectivity index (χ0n) is 59.8. The highest BCUT2D eigenvalue weighted by Gasteiger charge is 2.48. The van der Waals surface area contributed by atoms with E-state index in [9.17, 15) is 0 Å². The molecule has 0 saturated carbocycles. The molecule has 0 aliphatic carbocycles. The molecule has 0 spiro atoms. The molecule has 8 heteroatoms. The summed E-state index contributed by atoms with van der Waals surface area (Å²) in [6.07, 6.45) is 0. The molecule has 4 heterocycles. The molecule has 11 aromatic rings. The predicted molar refractivity (Wildman–Crippen MR) is 405 cm³/mol. The van der Waals surface area contributed by atoms with E-state index in [2.05, 4.69) is 309 Å². The van der Waals surface area contributed by atoms with Crippen molar-refractivity contribution in [2.45, 2.75) is 186 Å². The van der Waals surface area contributed by atoms with Crippen molar-refractivity contribution in [3.63, 3.8) is 0 Å². The molecule has 0 N–H and O–H groups in total. The second kappa shape index (κ2) is 26.3. The highest BCUT2D eigenvalue weighted by atomic mass is 28.4. The number of rotatable bonds is 14. The highest BCUT2D eigenvalue weighted by molar-refractivity contribution is 6.78. The molecule has 0 fully saturated rings. The van der Waals surface area contributed by atoms with Crippen LogP contribution in [0.3, 0.4) is 0 Å². The minimum absolute atomic E-state index is 0.439. The van der Waals surface area contributed by atoms with Crippen LogP contribution < -0.4 is 8.85 Å². The smallest absolute Gasteiger partial charge is 0.258 e. The zero-order chi connectivity index (χ0) is 67.6. The van der Waals surface area contributed by atoms with Gasteiger partial charge >= 0.3 is 0 Å². The van der Waals surface area contributed by atoms with E-state index in [4.69, 9.17) is 28.8 Å². The van der Waals surface area contributed by atoms with Gasteiger partial charge in [0.1, 0.15) is 11.5 Å². The molecule has 0 amide bonds. The van der Waals surface area contributed by atoms with E-state index in [0.717, 1.165) is 145 Å². The maximum atomic E-state index is 7.32. The molecule has 7 aromatic carbocycles. The Bertz CT molecular complexity index is 4500. The Morgan fingerprint density at radius 3 is 0.851 bits per heavy atom. The van der Waals surface area contributed by atoms with Crippen molar-refractivity contribution in [3.8, 4) is 80.2 Å². The average molecular weight is 1270 g/mol. The number of benzene rings is 7. The number of hydrogen-bond donors (Lipinski definition) is 0. The minimum Gasteiger partial charge on any atom is -0.543 e. The first-order chi connectivity index (χ1) is 44.6. The number of aryl methyl sites for hydroxylation is 10. The maximum Gasteiger partial charge on any atom is 0.258 e. The summed E-state index contributed by atoms with van der Waals surface area (Å²) in [7, 11) is -4.49. The van der Waals surface area contributed by atoms with Gasteiger partial charge in [0.15, 0.2) is 0 Å². The van der Waals surface area contributed by atoms with Crippen molar-refractivity contribution in [1.82, 2.24) is 19.9 Å². The number of nitrogens with zero attached hydrogens (tertiary/aromatic N) is 4. The quantitative estimate of drug-likeness (QED) is 0.0614. The van der Waals surface area contributed by atoms with E-state index in [1.807, 2.05) is 0 Å². The molecule has 0 aliphatic rings. The number of hydrogen-bond acceptors (Lipinski definition) is 6. The molecule has 4 aromatic heterocycles. The summed E-state index contributed by atoms with van der Waals surface area (Å²) >= 11 is 0. The van der Waals surface area contributed by atoms with Crippen molar-refractivity contribution in [2.75, 3.05) is 0 Å². The fraction of sp³-hybridized carbons (Fsp3) is 0.326. The first kappa shape index (κ1) is 66.8. The number of pyridine rings is 4. The van der Waals surface area contributed by atoms with Gasteiger partial charge in [-0.25, -0.2) is 19.9 Å². The molecular weight excluding hydrogens is 1180 g/mol. The Balaban J connectivity index is 1.02. The third kappa shape index (κ3) is 12.4. The Morgan fingerprint density at radius 2 is 0.553 bits per heavy atom. The van der Waals surface area contributed by atoms with Crippen LogP contribution >= 0.6 is 0 Å². The van der Waals surface area contributed by atoms with E-state index in [1.54, 1.807) is 0 Å². The molecular formula is C86H94N4O2Si2. The average Bonchev–Trinajstić information content (AvgIpc) is 0.760. The highest BCUT2D eigenvalue weighted by Crippen LogP contribution is 2.47. The van der Waals surface area contributed by atoms with Gasteiger partial charge in [0.2, 0.25) is 0 Å². The number of fused-ring (bicyclic) bond motifs is 6. The van der Waals surface area contributed by atoms with Crippen LogP contribution in [0.5, 0.6) is 11.5 Å². The van der Waals surface area contributed by atoms with E-state index < -0.39 is 16.6 Å². The van der Waals surface area contributed by atoms with Gasteiger partial charge in [-0.1, -0.05) is 179 Å². The van der Waals surface area contributed by atoms with Crippen LogP contribution in [-0.2, 0) is 0 Å². The Labute approximate surface area is 562 Å². The molecule has 94 heavy (non-hydrogen) atoms. The maximum absolute atomic E-state index is 7.32. The lowest BCUT2D eigenvalue weighted by Gasteiger charge is -2.42. The monoisotopic (exact) mass is 1270 g/mol. The fourth-order valence-electron chi connectivity index (χ4n) is 16.4. The topological polar surface area (TPSA) is 70.0 Å². The van der Waals surface area contributed by atoms with Crippen LogP contribution in [0.15, 0.2) is 133 Å². The molecule has 0 saturated heterocycles. The molecule has 0 aliphatic heterocycles. The molecule has 478 valence electrons. The van der Waals surface area contributed by atoms with Crippen LogP contribution in [0.1, 0.15) is 161 Å². The molecule has 0 radical (unpaired) electrons. The minimum atomic E-state index is -2.24. The SMILES string of the molecule is Cc1cc(C)c(-c2ccc3ccc4cc(C#Cc5ccc(C#Cc6cc7ccc8ccc(-c9c(C)cc(C)cc9C)nc8c7nc6-c6c(C)cc(O[Si](C(C)C)(C(C)C)C(C)C)cc6C)cc5)c(-c5c(C)cc(O[Si](C(C)C)(C(C)C)C(C)C)cc5C)nc4c3n2)c(C)c1. The molecule has 6 nitrogen and oxygen atoms in total. The van der Waals surface area contributed by atoms with Crippen LogP contribution in [0.2, 0.25) is 33.2 Å². The summed E-state index contributed by atoms with van der Waals surface area (Å²) < 4.78 is 14.6. The van der Waals surface area contributed by atoms with Gasteiger partial charge in [-0.2, -0.15) is 0 Å². The van der Waals surface area contributed by atoms with Crippen molar-refractivity contribution >= 4 is 60.2 Å². The van der Waals surface area contributed by atoms with Gasteiger partial charge < -0.3 is 8.85 Å². The van der Waals surface area contributed by atoms with E-state index in [1.165, 1.54) is 33.4 Å². The molecule has 0 bridgehead atoms. The standard InChI is InChI=1S/C86H94N4O2Si2/c1-49(2)93(50(3)4,51(5)6)91-73-43-61(19)79(62(20)44-73)81-69(47-71-33-31-67-35-37-75(87-83(67)85(71)89-81)77-57(15)39-55(13)40-58(77)16)29-27-65-23-25-66(26-24-65)28-30-70-48-72-34-32-68-36-38-76(78-59(17)41-56(14)42-60(78)18)88-84(68)86(72)90-82(70)80-63(21)45-74(46-64(80)22)92-94(52(7)8,53(9)10)54(11)12/h23-26,31-54H,1-22H3. The summed E-state index contributed by atoms with van der Waals surface area (Å²) in [5.74, 6) is 16.3. The Hall–Kier alpha value is -8.67. The summed E-state index contributed by atoms with van der Waals surface area (Å²) in [5.41, 5.74) is 29.2. The van der Waals surface area contributed by atoms with Gasteiger partial charge in [0.25, 0.3) is 16.6 Å². The third-order valence-corrected chi connectivity index (χ3v) is 32.2. The molecule has 0 unspecified atom stereocenters. The summed E-state index contributed by atoms with van der Waals surface area (Å²) in [5, 5.41) is 4.04. The zero-order valence-corrected chi connectivity index (χ0v) is 61.8. The van der Waals surface area contributed by atoms with Crippen molar-refractivity contribution in [1.29, 1.82) is 0 Å². The van der Waals surface area contributed by atoms with Gasteiger partial charge in [-0.3, -0.25) is 0 Å². The first-order valence-corrected chi connectivity index (χ1v) is 38.3. The van der Waals surface area contributed by atoms with Crippen molar-refractivity contribution < 1.29 is 8.85 Å². The summed E-state index contributed by atoms with van der Waals surface area (Å²) in [6, 6.07) is 47.9. The van der Waals surface area contributed by atoms with Crippen molar-refractivity contribution in [2.24, 2.45) is 0 Å². The van der Waals surface area contributed by atoms with Crippen LogP contribution in [0.25, 0.3) is 88.6 Å². The normalized spacial score (nSPS) is 12.1. The van der Waals surface area contributed by atoms with E-state index >= 15 is 0 Å². The predicted octanol–water partition coefficient (Wildman–Crippen LogP) is 23.5. The number of aromatic nitrogens is 4. The van der Waals surface area contributed by atoms with Gasteiger partial charge in [-0.05, 0) is 220 Å². The second-order valence-corrected chi connectivity index (χ2v) is 39.7. The van der Waals surface area contributed by atoms with Gasteiger partial charge in [-0.15, -0.1) is 0 Å². The summed E-state index contributed by atoms with van der Waals surface area (Å²) in [6.45, 7) is 49.9. The van der Waals surface area contributed by atoms with Crippen molar-refractivity contribution in [3.05, 3.63) is 211 Å². The largest absolute Gasteiger partial charge is 0.543 e. The summed E-state index contributed by atoms with van der Waals surface area (Å²) in [4.78, 5) is 22.2. The second-order valence-electron chi connectivity index (χ2n) is 28.9. The molecule has 0 atom stereocenters. The first-order valence-electron chi connectivity index (χ1n) is 34.0. The van der Waals surface area contributed by atoms with E-state index in [-0.39, 0.29) is 0 Å². The lowest BCUT2D eigenvalue weighted by Crippen LogP contribution is -2.50. The van der Waals surface area contributed by atoms with Crippen LogP contribution in [0.4, 0.5) is 0 Å². The van der Waals surface area contributed by atoms with Gasteiger partial charge in [0.05, 0.1) is 56.0 Å². The fourth-order valence-corrected chi connectivity index (χ4v) is 26.9.